The molecule has 0 saturated carbocycles. The van der Waals surface area contributed by atoms with Crippen LogP contribution in [0.1, 0.15) is 42.2 Å². The highest BCUT2D eigenvalue weighted by molar-refractivity contribution is 5.92. The molecule has 5 nitrogen and oxygen atoms in total. The van der Waals surface area contributed by atoms with E-state index < -0.39 is 0 Å². The van der Waals surface area contributed by atoms with Gasteiger partial charge in [-0.05, 0) is 55.9 Å². The van der Waals surface area contributed by atoms with Crippen LogP contribution >= 0.6 is 0 Å². The van der Waals surface area contributed by atoms with E-state index in [0.717, 1.165) is 37.9 Å². The minimum absolute atomic E-state index is 0.0742. The summed E-state index contributed by atoms with van der Waals surface area (Å²) in [5, 5.41) is 4.18. The molecule has 0 bridgehead atoms. The third-order valence-electron chi connectivity index (χ3n) is 4.97. The molecule has 1 aromatic heterocycles. The zero-order valence-electron chi connectivity index (χ0n) is 15.2. The molecule has 6 heteroatoms. The molecule has 0 radical (unpaired) electrons. The zero-order valence-corrected chi connectivity index (χ0v) is 15.2. The minimum Gasteiger partial charge on any atom is -0.377 e. The van der Waals surface area contributed by atoms with Gasteiger partial charge in [-0.3, -0.25) is 9.48 Å². The van der Waals surface area contributed by atoms with Gasteiger partial charge in [-0.15, -0.1) is 0 Å². The van der Waals surface area contributed by atoms with Gasteiger partial charge in [0.05, 0.1) is 6.61 Å². The van der Waals surface area contributed by atoms with Crippen molar-refractivity contribution in [2.75, 3.05) is 19.7 Å². The smallest absolute Gasteiger partial charge is 0.272 e. The number of rotatable bonds is 7. The van der Waals surface area contributed by atoms with E-state index in [4.69, 9.17) is 4.74 Å². The van der Waals surface area contributed by atoms with E-state index in [9.17, 15) is 9.18 Å². The van der Waals surface area contributed by atoms with Gasteiger partial charge >= 0.3 is 0 Å². The predicted molar refractivity (Wildman–Crippen MR) is 97.2 cm³/mol. The highest BCUT2D eigenvalue weighted by Crippen LogP contribution is 2.22. The van der Waals surface area contributed by atoms with E-state index in [-0.39, 0.29) is 11.7 Å². The molecule has 1 amide bonds. The van der Waals surface area contributed by atoms with Crippen molar-refractivity contribution in [3.63, 3.8) is 0 Å². The fourth-order valence-corrected chi connectivity index (χ4v) is 3.42. The van der Waals surface area contributed by atoms with Crippen molar-refractivity contribution >= 4 is 5.91 Å². The molecule has 0 aliphatic carbocycles. The van der Waals surface area contributed by atoms with Crippen LogP contribution in [0.15, 0.2) is 36.5 Å². The first kappa shape index (κ1) is 18.6. The highest BCUT2D eigenvalue weighted by Gasteiger charge is 2.25. The predicted octanol–water partition coefficient (Wildman–Crippen LogP) is 3.50. The summed E-state index contributed by atoms with van der Waals surface area (Å²) < 4.78 is 20.6. The first-order chi connectivity index (χ1) is 12.7. The van der Waals surface area contributed by atoms with Crippen molar-refractivity contribution in [2.24, 2.45) is 5.92 Å². The van der Waals surface area contributed by atoms with Crippen molar-refractivity contribution in [3.05, 3.63) is 53.6 Å². The summed E-state index contributed by atoms with van der Waals surface area (Å²) in [6.45, 7) is 5.35. The maximum Gasteiger partial charge on any atom is 0.272 e. The second-order valence-corrected chi connectivity index (χ2v) is 6.74. The Hall–Kier alpha value is -2.21. The summed E-state index contributed by atoms with van der Waals surface area (Å²) in [6.07, 6.45) is 4.65. The number of ether oxygens (including phenoxy) is 1. The molecule has 26 heavy (non-hydrogen) atoms. The molecule has 1 saturated heterocycles. The van der Waals surface area contributed by atoms with E-state index >= 15 is 0 Å². The van der Waals surface area contributed by atoms with Gasteiger partial charge in [0, 0.05) is 32.4 Å². The number of carbonyl (C=O) groups is 1. The SMILES string of the molecule is CCn1nccc1C(=O)N1CCC(CCOCc2cccc(F)c2)CC1. The minimum atomic E-state index is -0.229. The summed E-state index contributed by atoms with van der Waals surface area (Å²) in [5.74, 6) is 0.417. The van der Waals surface area contributed by atoms with Gasteiger partial charge in [-0.1, -0.05) is 12.1 Å². The molecule has 2 heterocycles. The summed E-state index contributed by atoms with van der Waals surface area (Å²) in [6, 6.07) is 8.30. The molecule has 1 aliphatic rings. The number of amides is 1. The van der Waals surface area contributed by atoms with Crippen LogP contribution in [0.4, 0.5) is 4.39 Å². The lowest BCUT2D eigenvalue weighted by atomic mass is 9.94. The Morgan fingerprint density at radius 2 is 2.12 bits per heavy atom. The third-order valence-corrected chi connectivity index (χ3v) is 4.97. The first-order valence-corrected chi connectivity index (χ1v) is 9.30. The quantitative estimate of drug-likeness (QED) is 0.711. The summed E-state index contributed by atoms with van der Waals surface area (Å²) in [4.78, 5) is 14.5. The first-order valence-electron chi connectivity index (χ1n) is 9.30. The second kappa shape index (κ2) is 8.94. The number of aryl methyl sites for hydroxylation is 1. The second-order valence-electron chi connectivity index (χ2n) is 6.74. The maximum atomic E-state index is 13.1. The number of hydrogen-bond donors (Lipinski definition) is 0. The Bertz CT molecular complexity index is 723. The Kier molecular flexibility index (Phi) is 6.39. The van der Waals surface area contributed by atoms with Gasteiger partial charge in [0.25, 0.3) is 5.91 Å². The van der Waals surface area contributed by atoms with E-state index in [1.54, 1.807) is 23.0 Å². The van der Waals surface area contributed by atoms with Crippen LogP contribution in [0.25, 0.3) is 0 Å². The molecule has 0 unspecified atom stereocenters. The van der Waals surface area contributed by atoms with E-state index in [2.05, 4.69) is 5.10 Å². The molecule has 140 valence electrons. The lowest BCUT2D eigenvalue weighted by molar-refractivity contribution is 0.0628. The number of carbonyl (C=O) groups excluding carboxylic acids is 1. The normalized spacial score (nSPS) is 15.4. The number of hydrogen-bond acceptors (Lipinski definition) is 3. The number of benzene rings is 1. The van der Waals surface area contributed by atoms with Crippen molar-refractivity contribution in [2.45, 2.75) is 39.3 Å². The Labute approximate surface area is 153 Å². The van der Waals surface area contributed by atoms with Crippen molar-refractivity contribution < 1.29 is 13.9 Å². The standard InChI is InChI=1S/C20H26FN3O2/c1-2-24-19(6-10-22-24)20(25)23-11-7-16(8-12-23)9-13-26-15-17-4-3-5-18(21)14-17/h3-6,10,14,16H,2,7-9,11-13,15H2,1H3. The average Bonchev–Trinajstić information content (AvgIpc) is 3.14. The van der Waals surface area contributed by atoms with Crippen LogP contribution in [-0.2, 0) is 17.9 Å². The molecule has 1 aromatic carbocycles. The van der Waals surface area contributed by atoms with Crippen LogP contribution in [-0.4, -0.2) is 40.3 Å². The van der Waals surface area contributed by atoms with Gasteiger partial charge in [0.2, 0.25) is 0 Å². The van der Waals surface area contributed by atoms with Gasteiger partial charge in [-0.2, -0.15) is 5.10 Å². The average molecular weight is 359 g/mol. The fourth-order valence-electron chi connectivity index (χ4n) is 3.42. The van der Waals surface area contributed by atoms with Gasteiger partial charge < -0.3 is 9.64 Å². The third kappa shape index (κ3) is 4.69. The number of piperidine rings is 1. The topological polar surface area (TPSA) is 47.4 Å². The van der Waals surface area contributed by atoms with E-state index in [0.29, 0.717) is 31.4 Å². The van der Waals surface area contributed by atoms with E-state index in [1.807, 2.05) is 17.9 Å². The summed E-state index contributed by atoms with van der Waals surface area (Å²) in [7, 11) is 0. The van der Waals surface area contributed by atoms with Gasteiger partial charge in [0.15, 0.2) is 0 Å². The number of likely N-dealkylation sites (tertiary alicyclic amines) is 1. The Morgan fingerprint density at radius 3 is 2.85 bits per heavy atom. The monoisotopic (exact) mass is 359 g/mol. The molecule has 1 fully saturated rings. The Morgan fingerprint density at radius 1 is 1.31 bits per heavy atom. The highest BCUT2D eigenvalue weighted by atomic mass is 19.1. The molecule has 3 rings (SSSR count). The molecule has 1 aliphatic heterocycles. The molecule has 2 aromatic rings. The fraction of sp³-hybridized carbons (Fsp3) is 0.500. The van der Waals surface area contributed by atoms with Crippen LogP contribution in [0.2, 0.25) is 0 Å². The van der Waals surface area contributed by atoms with E-state index in [1.165, 1.54) is 12.1 Å². The summed E-state index contributed by atoms with van der Waals surface area (Å²) in [5.41, 5.74) is 1.53. The molecular weight excluding hydrogens is 333 g/mol. The van der Waals surface area contributed by atoms with Crippen LogP contribution in [0, 0.1) is 11.7 Å². The largest absolute Gasteiger partial charge is 0.377 e. The van der Waals surface area contributed by atoms with Gasteiger partial charge in [-0.25, -0.2) is 4.39 Å². The Balaban J connectivity index is 1.38. The van der Waals surface area contributed by atoms with Crippen LogP contribution in [0.5, 0.6) is 0 Å². The van der Waals surface area contributed by atoms with Crippen LogP contribution in [0.3, 0.4) is 0 Å². The number of nitrogens with zero attached hydrogens (tertiary/aromatic N) is 3. The van der Waals surface area contributed by atoms with Crippen LogP contribution < -0.4 is 0 Å². The van der Waals surface area contributed by atoms with Gasteiger partial charge in [0.1, 0.15) is 11.5 Å². The molecule has 0 spiro atoms. The molecule has 0 N–H and O–H groups in total. The van der Waals surface area contributed by atoms with Crippen molar-refractivity contribution in [3.8, 4) is 0 Å². The van der Waals surface area contributed by atoms with Crippen molar-refractivity contribution in [1.82, 2.24) is 14.7 Å². The lowest BCUT2D eigenvalue weighted by Gasteiger charge is -2.32. The molecule has 0 atom stereocenters. The zero-order chi connectivity index (χ0) is 18.4. The summed E-state index contributed by atoms with van der Waals surface area (Å²) >= 11 is 0. The molecular formula is C20H26FN3O2. The number of aromatic nitrogens is 2. The number of halogens is 1. The maximum absolute atomic E-state index is 13.1. The lowest BCUT2D eigenvalue weighted by Crippen LogP contribution is -2.39. The van der Waals surface area contributed by atoms with Crippen molar-refractivity contribution in [1.29, 1.82) is 0 Å².